The summed E-state index contributed by atoms with van der Waals surface area (Å²) in [7, 11) is -3.71. The number of hydrogen-bond donors (Lipinski definition) is 2. The minimum absolute atomic E-state index is 0.125. The maximum atomic E-state index is 12.3. The van der Waals surface area contributed by atoms with E-state index in [1.165, 1.54) is 12.1 Å². The predicted molar refractivity (Wildman–Crippen MR) is 87.5 cm³/mol. The molecule has 0 amide bonds. The van der Waals surface area contributed by atoms with Gasteiger partial charge in [0.1, 0.15) is 4.21 Å². The highest BCUT2D eigenvalue weighted by atomic mass is 35.5. The second-order valence-electron chi connectivity index (χ2n) is 3.86. The van der Waals surface area contributed by atoms with E-state index >= 15 is 0 Å². The second-order valence-corrected chi connectivity index (χ2v) is 7.92. The summed E-state index contributed by atoms with van der Waals surface area (Å²) in [4.78, 5) is 0. The van der Waals surface area contributed by atoms with E-state index in [1.807, 2.05) is 0 Å². The lowest BCUT2D eigenvalue weighted by Gasteiger charge is -2.08. The van der Waals surface area contributed by atoms with Gasteiger partial charge in [0.15, 0.2) is 0 Å². The van der Waals surface area contributed by atoms with Gasteiger partial charge in [0.05, 0.1) is 22.1 Å². The van der Waals surface area contributed by atoms with Crippen LogP contribution in [0.3, 0.4) is 0 Å². The molecule has 0 aliphatic rings. The molecule has 0 radical (unpaired) electrons. The summed E-state index contributed by atoms with van der Waals surface area (Å²) in [6.07, 6.45) is 0. The summed E-state index contributed by atoms with van der Waals surface area (Å²) in [5.74, 6) is 5.45. The molecule has 0 saturated heterocycles. The molecule has 0 fully saturated rings. The molecule has 3 N–H and O–H groups in total. The Hall–Kier alpha value is -1.23. The van der Waals surface area contributed by atoms with Crippen molar-refractivity contribution in [1.82, 2.24) is 0 Å². The molecule has 2 aromatic rings. The summed E-state index contributed by atoms with van der Waals surface area (Å²) in [5, 5.41) is 0.457. The van der Waals surface area contributed by atoms with E-state index in [4.69, 9.17) is 28.9 Å². The molecule has 1 aromatic heterocycles. The van der Waals surface area contributed by atoms with Crippen molar-refractivity contribution in [3.05, 3.63) is 45.3 Å². The average Bonchev–Trinajstić information content (AvgIpc) is 2.86. The Labute approximate surface area is 136 Å². The fourth-order valence-electron chi connectivity index (χ4n) is 1.49. The quantitative estimate of drug-likeness (QED) is 0.825. The smallest absolute Gasteiger partial charge is 0.271 e. The largest absolute Gasteiger partial charge is 0.320 e. The topological polar surface area (TPSA) is 72.2 Å². The van der Waals surface area contributed by atoms with Crippen LogP contribution >= 0.6 is 34.5 Å². The van der Waals surface area contributed by atoms with Crippen molar-refractivity contribution in [1.29, 1.82) is 0 Å². The number of halogens is 2. The van der Waals surface area contributed by atoms with E-state index in [2.05, 4.69) is 16.6 Å². The van der Waals surface area contributed by atoms with Crippen molar-refractivity contribution in [2.24, 2.45) is 5.73 Å². The number of nitrogens with one attached hydrogen (secondary N) is 1. The van der Waals surface area contributed by atoms with Gasteiger partial charge in [-0.05, 0) is 30.3 Å². The number of benzene rings is 1. The lowest BCUT2D eigenvalue weighted by Crippen LogP contribution is -2.12. The molecular weight excluding hydrogens is 351 g/mol. The van der Waals surface area contributed by atoms with Crippen LogP contribution in [-0.4, -0.2) is 15.0 Å². The lowest BCUT2D eigenvalue weighted by atomic mass is 10.2. The number of thiophene rings is 1. The molecule has 21 heavy (non-hydrogen) atoms. The van der Waals surface area contributed by atoms with Crippen LogP contribution in [0.4, 0.5) is 5.69 Å². The molecule has 2 rings (SSSR count). The van der Waals surface area contributed by atoms with Crippen LogP contribution < -0.4 is 10.5 Å². The SMILES string of the molecule is NCC#Cc1cc(Cl)ccc1NS(=O)(=O)c1ccc(Cl)s1. The van der Waals surface area contributed by atoms with Gasteiger partial charge in [0.2, 0.25) is 0 Å². The molecule has 0 aliphatic heterocycles. The molecule has 1 heterocycles. The van der Waals surface area contributed by atoms with Gasteiger partial charge in [-0.3, -0.25) is 4.72 Å². The second kappa shape index (κ2) is 6.69. The van der Waals surface area contributed by atoms with Gasteiger partial charge in [-0.25, -0.2) is 8.42 Å². The first-order valence-corrected chi connectivity index (χ1v) is 8.74. The van der Waals surface area contributed by atoms with E-state index in [9.17, 15) is 8.42 Å². The number of hydrogen-bond acceptors (Lipinski definition) is 4. The third-order valence-electron chi connectivity index (χ3n) is 2.36. The third kappa shape index (κ3) is 4.13. The van der Waals surface area contributed by atoms with Crippen molar-refractivity contribution in [3.8, 4) is 11.8 Å². The van der Waals surface area contributed by atoms with Crippen LogP contribution in [0.1, 0.15) is 5.56 Å². The first-order valence-electron chi connectivity index (χ1n) is 5.69. The zero-order valence-electron chi connectivity index (χ0n) is 10.6. The molecule has 0 bridgehead atoms. The Bertz CT molecular complexity index is 820. The number of anilines is 1. The van der Waals surface area contributed by atoms with E-state index < -0.39 is 10.0 Å². The first kappa shape index (κ1) is 16.1. The van der Waals surface area contributed by atoms with Gasteiger partial charge in [-0.15, -0.1) is 11.3 Å². The van der Waals surface area contributed by atoms with Crippen LogP contribution in [0, 0.1) is 11.8 Å². The van der Waals surface area contributed by atoms with Gasteiger partial charge in [0, 0.05) is 5.02 Å². The highest BCUT2D eigenvalue weighted by Crippen LogP contribution is 2.28. The molecule has 8 heteroatoms. The maximum absolute atomic E-state index is 12.3. The summed E-state index contributed by atoms with van der Waals surface area (Å²) < 4.78 is 27.5. The molecule has 0 saturated carbocycles. The highest BCUT2D eigenvalue weighted by Gasteiger charge is 2.18. The number of sulfonamides is 1. The molecule has 0 unspecified atom stereocenters. The lowest BCUT2D eigenvalue weighted by molar-refractivity contribution is 0.603. The normalized spacial score (nSPS) is 10.8. The average molecular weight is 361 g/mol. The standard InChI is InChI=1S/C13H10Cl2N2O2S2/c14-10-3-4-11(9(8-10)2-1-7-16)17-21(18,19)13-6-5-12(15)20-13/h3-6,8,17H,7,16H2. The fraction of sp³-hybridized carbons (Fsp3) is 0.0769. The van der Waals surface area contributed by atoms with Crippen LogP contribution in [0.5, 0.6) is 0 Å². The first-order chi connectivity index (χ1) is 9.92. The van der Waals surface area contributed by atoms with Crippen molar-refractivity contribution in [2.45, 2.75) is 4.21 Å². The Morgan fingerprint density at radius 1 is 1.24 bits per heavy atom. The van der Waals surface area contributed by atoms with Crippen molar-refractivity contribution >= 4 is 50.2 Å². The summed E-state index contributed by atoms with van der Waals surface area (Å²) in [6, 6.07) is 7.67. The zero-order valence-corrected chi connectivity index (χ0v) is 13.7. The van der Waals surface area contributed by atoms with Gasteiger partial charge in [0.25, 0.3) is 10.0 Å². The van der Waals surface area contributed by atoms with E-state index in [1.54, 1.807) is 18.2 Å². The van der Waals surface area contributed by atoms with Crippen LogP contribution in [0.25, 0.3) is 0 Å². The number of rotatable bonds is 3. The monoisotopic (exact) mass is 360 g/mol. The third-order valence-corrected chi connectivity index (χ3v) is 5.69. The molecular formula is C13H10Cl2N2O2S2. The van der Waals surface area contributed by atoms with Gasteiger partial charge < -0.3 is 5.73 Å². The number of nitrogens with two attached hydrogens (primary N) is 1. The fourth-order valence-corrected chi connectivity index (χ4v) is 4.23. The molecule has 0 aliphatic carbocycles. The molecule has 4 nitrogen and oxygen atoms in total. The maximum Gasteiger partial charge on any atom is 0.271 e. The Kier molecular flexibility index (Phi) is 5.14. The Morgan fingerprint density at radius 2 is 2.00 bits per heavy atom. The van der Waals surface area contributed by atoms with Crippen molar-refractivity contribution in [3.63, 3.8) is 0 Å². The van der Waals surface area contributed by atoms with Crippen LogP contribution in [0.15, 0.2) is 34.5 Å². The van der Waals surface area contributed by atoms with Gasteiger partial charge >= 0.3 is 0 Å². The van der Waals surface area contributed by atoms with Crippen LogP contribution in [0.2, 0.25) is 9.36 Å². The van der Waals surface area contributed by atoms with Gasteiger partial charge in [-0.1, -0.05) is 35.0 Å². The zero-order chi connectivity index (χ0) is 15.5. The summed E-state index contributed by atoms with van der Waals surface area (Å²) in [5.41, 5.74) is 6.12. The van der Waals surface area contributed by atoms with Crippen molar-refractivity contribution in [2.75, 3.05) is 11.3 Å². The molecule has 110 valence electrons. The molecule has 1 aromatic carbocycles. The van der Waals surface area contributed by atoms with Gasteiger partial charge in [-0.2, -0.15) is 0 Å². The minimum atomic E-state index is -3.71. The van der Waals surface area contributed by atoms with E-state index in [-0.39, 0.29) is 10.8 Å². The highest BCUT2D eigenvalue weighted by molar-refractivity contribution is 7.94. The van der Waals surface area contributed by atoms with Crippen LogP contribution in [-0.2, 0) is 10.0 Å². The Balaban J connectivity index is 2.39. The minimum Gasteiger partial charge on any atom is -0.320 e. The van der Waals surface area contributed by atoms with E-state index in [0.717, 1.165) is 11.3 Å². The van der Waals surface area contributed by atoms with E-state index in [0.29, 0.717) is 20.6 Å². The molecule has 0 atom stereocenters. The summed E-state index contributed by atoms with van der Waals surface area (Å²) in [6.45, 7) is 0.166. The Morgan fingerprint density at radius 3 is 2.62 bits per heavy atom. The predicted octanol–water partition coefficient (Wildman–Crippen LogP) is 3.17. The molecule has 0 spiro atoms. The van der Waals surface area contributed by atoms with Crippen molar-refractivity contribution < 1.29 is 8.42 Å². The summed E-state index contributed by atoms with van der Waals surface area (Å²) >= 11 is 12.6.